The van der Waals surface area contributed by atoms with Crippen molar-refractivity contribution in [3.63, 3.8) is 0 Å². The molecule has 0 aliphatic rings. The van der Waals surface area contributed by atoms with Crippen molar-refractivity contribution in [2.24, 2.45) is 5.73 Å². The second-order valence-electron chi connectivity index (χ2n) is 2.44. The molecule has 0 aromatic carbocycles. The number of ether oxygens (including phenoxy) is 1. The lowest BCUT2D eigenvalue weighted by atomic mass is 10.3. The smallest absolute Gasteiger partial charge is 0.213 e. The minimum atomic E-state index is 0.628. The molecule has 0 unspecified atom stereocenters. The zero-order valence-corrected chi connectivity index (χ0v) is 7.29. The molecule has 0 bridgehead atoms. The van der Waals surface area contributed by atoms with Gasteiger partial charge in [0.05, 0.1) is 6.61 Å². The van der Waals surface area contributed by atoms with Gasteiger partial charge in [0, 0.05) is 18.2 Å². The summed E-state index contributed by atoms with van der Waals surface area (Å²) in [5, 5.41) is 0. The average Bonchev–Trinajstić information content (AvgIpc) is 2.06. The van der Waals surface area contributed by atoms with Crippen LogP contribution in [-0.2, 0) is 6.42 Å². The summed E-state index contributed by atoms with van der Waals surface area (Å²) in [6.07, 6.45) is 0.806. The van der Waals surface area contributed by atoms with Crippen LogP contribution in [0.3, 0.4) is 0 Å². The van der Waals surface area contributed by atoms with Crippen LogP contribution in [0.1, 0.15) is 12.6 Å². The Morgan fingerprint density at radius 1 is 1.50 bits per heavy atom. The highest BCUT2D eigenvalue weighted by Gasteiger charge is 1.95. The molecule has 1 rings (SSSR count). The molecule has 0 aliphatic heterocycles. The van der Waals surface area contributed by atoms with Gasteiger partial charge >= 0.3 is 0 Å². The van der Waals surface area contributed by atoms with Gasteiger partial charge in [-0.15, -0.1) is 0 Å². The number of aromatic nitrogens is 1. The zero-order valence-electron chi connectivity index (χ0n) is 7.29. The van der Waals surface area contributed by atoms with Crippen LogP contribution in [0.5, 0.6) is 5.88 Å². The molecule has 0 atom stereocenters. The molecule has 1 aromatic heterocycles. The molecule has 12 heavy (non-hydrogen) atoms. The standard InChI is InChI=1S/C9H14N2O/c1-2-12-9-5-3-4-8(11-9)6-7-10/h3-5H,2,6-7,10H2,1H3. The van der Waals surface area contributed by atoms with Crippen molar-refractivity contribution in [2.45, 2.75) is 13.3 Å². The van der Waals surface area contributed by atoms with Crippen LogP contribution in [0.25, 0.3) is 0 Å². The van der Waals surface area contributed by atoms with Crippen LogP contribution < -0.4 is 10.5 Å². The van der Waals surface area contributed by atoms with E-state index >= 15 is 0 Å². The Balaban J connectivity index is 2.67. The first-order valence-corrected chi connectivity index (χ1v) is 4.15. The molecule has 1 aromatic rings. The summed E-state index contributed by atoms with van der Waals surface area (Å²) in [6, 6.07) is 5.74. The molecule has 3 heteroatoms. The van der Waals surface area contributed by atoms with E-state index in [1.54, 1.807) is 0 Å². The molecule has 0 saturated carbocycles. The molecule has 2 N–H and O–H groups in total. The Labute approximate surface area is 72.6 Å². The summed E-state index contributed by atoms with van der Waals surface area (Å²) in [5.74, 6) is 0.684. The van der Waals surface area contributed by atoms with Crippen LogP contribution in [0.4, 0.5) is 0 Å². The number of nitrogens with zero attached hydrogens (tertiary/aromatic N) is 1. The lowest BCUT2D eigenvalue weighted by Crippen LogP contribution is -2.05. The first-order valence-electron chi connectivity index (χ1n) is 4.15. The molecule has 0 aliphatic carbocycles. The van der Waals surface area contributed by atoms with Gasteiger partial charge in [-0.1, -0.05) is 6.07 Å². The van der Waals surface area contributed by atoms with Gasteiger partial charge in [-0.3, -0.25) is 0 Å². The summed E-state index contributed by atoms with van der Waals surface area (Å²) in [7, 11) is 0. The van der Waals surface area contributed by atoms with E-state index in [1.165, 1.54) is 0 Å². The number of pyridine rings is 1. The molecule has 0 amide bonds. The Hall–Kier alpha value is -1.09. The van der Waals surface area contributed by atoms with Crippen LogP contribution in [-0.4, -0.2) is 18.1 Å². The number of nitrogens with two attached hydrogens (primary N) is 1. The lowest BCUT2D eigenvalue weighted by molar-refractivity contribution is 0.326. The fourth-order valence-electron chi connectivity index (χ4n) is 0.973. The van der Waals surface area contributed by atoms with Gasteiger partial charge in [0.2, 0.25) is 5.88 Å². The maximum atomic E-state index is 5.40. The maximum Gasteiger partial charge on any atom is 0.213 e. The van der Waals surface area contributed by atoms with Crippen LogP contribution in [0.15, 0.2) is 18.2 Å². The van der Waals surface area contributed by atoms with Gasteiger partial charge in [0.15, 0.2) is 0 Å². The fourth-order valence-corrected chi connectivity index (χ4v) is 0.973. The van der Waals surface area contributed by atoms with E-state index in [9.17, 15) is 0 Å². The zero-order chi connectivity index (χ0) is 8.81. The molecule has 66 valence electrons. The fraction of sp³-hybridized carbons (Fsp3) is 0.444. The Morgan fingerprint density at radius 2 is 2.33 bits per heavy atom. The van der Waals surface area contributed by atoms with Gasteiger partial charge in [0.1, 0.15) is 0 Å². The first kappa shape index (κ1) is 9.00. The first-order chi connectivity index (χ1) is 5.86. The predicted molar refractivity (Wildman–Crippen MR) is 48.2 cm³/mol. The van der Waals surface area contributed by atoms with Crippen molar-refractivity contribution < 1.29 is 4.74 Å². The van der Waals surface area contributed by atoms with Gasteiger partial charge in [-0.25, -0.2) is 4.98 Å². The molecule has 0 spiro atoms. The van der Waals surface area contributed by atoms with E-state index in [-0.39, 0.29) is 0 Å². The lowest BCUT2D eigenvalue weighted by Gasteiger charge is -2.03. The van der Waals surface area contributed by atoms with E-state index < -0.39 is 0 Å². The average molecular weight is 166 g/mol. The van der Waals surface area contributed by atoms with Crippen molar-refractivity contribution in [1.29, 1.82) is 0 Å². The monoisotopic (exact) mass is 166 g/mol. The quantitative estimate of drug-likeness (QED) is 0.725. The van der Waals surface area contributed by atoms with E-state index in [2.05, 4.69) is 4.98 Å². The van der Waals surface area contributed by atoms with Gasteiger partial charge in [-0.05, 0) is 19.5 Å². The highest BCUT2D eigenvalue weighted by molar-refractivity contribution is 5.15. The number of rotatable bonds is 4. The second-order valence-corrected chi connectivity index (χ2v) is 2.44. The van der Waals surface area contributed by atoms with Crippen LogP contribution >= 0.6 is 0 Å². The van der Waals surface area contributed by atoms with Crippen molar-refractivity contribution in [1.82, 2.24) is 4.98 Å². The van der Waals surface area contributed by atoms with Gasteiger partial charge < -0.3 is 10.5 Å². The third kappa shape index (κ3) is 2.51. The summed E-state index contributed by atoms with van der Waals surface area (Å²) < 4.78 is 5.24. The summed E-state index contributed by atoms with van der Waals surface area (Å²) in [4.78, 5) is 4.25. The van der Waals surface area contributed by atoms with Gasteiger partial charge in [0.25, 0.3) is 0 Å². The minimum absolute atomic E-state index is 0.628. The van der Waals surface area contributed by atoms with Crippen molar-refractivity contribution in [2.75, 3.05) is 13.2 Å². The molecule has 0 fully saturated rings. The molecule has 1 heterocycles. The van der Waals surface area contributed by atoms with Crippen LogP contribution in [0, 0.1) is 0 Å². The summed E-state index contributed by atoms with van der Waals surface area (Å²) in [5.41, 5.74) is 6.39. The van der Waals surface area contributed by atoms with Gasteiger partial charge in [-0.2, -0.15) is 0 Å². The largest absolute Gasteiger partial charge is 0.478 e. The Kier molecular flexibility index (Phi) is 3.54. The van der Waals surface area contributed by atoms with E-state index in [0.717, 1.165) is 12.1 Å². The van der Waals surface area contributed by atoms with Crippen molar-refractivity contribution >= 4 is 0 Å². The van der Waals surface area contributed by atoms with E-state index in [0.29, 0.717) is 19.0 Å². The Morgan fingerprint density at radius 3 is 3.00 bits per heavy atom. The normalized spacial score (nSPS) is 9.83. The SMILES string of the molecule is CCOc1cccc(CCN)n1. The molecular weight excluding hydrogens is 152 g/mol. The van der Waals surface area contributed by atoms with E-state index in [4.69, 9.17) is 10.5 Å². The number of hydrogen-bond donors (Lipinski definition) is 1. The third-order valence-corrected chi connectivity index (χ3v) is 1.47. The second kappa shape index (κ2) is 4.72. The summed E-state index contributed by atoms with van der Waals surface area (Å²) in [6.45, 7) is 3.22. The van der Waals surface area contributed by atoms with Crippen molar-refractivity contribution in [3.05, 3.63) is 23.9 Å². The molecule has 0 radical (unpaired) electrons. The molecule has 0 saturated heterocycles. The highest BCUT2D eigenvalue weighted by Crippen LogP contribution is 2.07. The van der Waals surface area contributed by atoms with Crippen LogP contribution in [0.2, 0.25) is 0 Å². The van der Waals surface area contributed by atoms with E-state index in [1.807, 2.05) is 25.1 Å². The minimum Gasteiger partial charge on any atom is -0.478 e. The maximum absolute atomic E-state index is 5.40. The summed E-state index contributed by atoms with van der Waals surface area (Å²) >= 11 is 0. The number of hydrogen-bond acceptors (Lipinski definition) is 3. The van der Waals surface area contributed by atoms with Crippen molar-refractivity contribution in [3.8, 4) is 5.88 Å². The molecular formula is C9H14N2O. The third-order valence-electron chi connectivity index (χ3n) is 1.47. The Bertz CT molecular complexity index is 216. The molecule has 3 nitrogen and oxygen atoms in total. The topological polar surface area (TPSA) is 48.1 Å². The predicted octanol–water partition coefficient (Wildman–Crippen LogP) is 0.981. The highest BCUT2D eigenvalue weighted by atomic mass is 16.5.